The van der Waals surface area contributed by atoms with E-state index in [0.717, 1.165) is 12.8 Å². The summed E-state index contributed by atoms with van der Waals surface area (Å²) in [5, 5.41) is 0. The van der Waals surface area contributed by atoms with E-state index in [4.69, 9.17) is 9.47 Å². The van der Waals surface area contributed by atoms with Gasteiger partial charge in [-0.3, -0.25) is 0 Å². The number of aryl methyl sites for hydroxylation is 2. The Morgan fingerprint density at radius 1 is 0.425 bits per heavy atom. The van der Waals surface area contributed by atoms with Crippen LogP contribution >= 0.6 is 0 Å². The molecule has 0 aromatic heterocycles. The summed E-state index contributed by atoms with van der Waals surface area (Å²) in [4.78, 5) is 12.2. The number of unbranched alkanes of at least 4 members (excludes halogenated alkanes) is 18. The maximum atomic E-state index is 12.2. The number of rotatable bonds is 24. The molecule has 3 heteroatoms. The average Bonchev–Trinajstić information content (AvgIpc) is 2.96. The summed E-state index contributed by atoms with van der Waals surface area (Å²) in [6.45, 7) is 4.54. The van der Waals surface area contributed by atoms with Crippen molar-refractivity contribution < 1.29 is 14.3 Å². The third-order valence-electron chi connectivity index (χ3n) is 7.89. The Morgan fingerprint density at radius 3 is 1.00 bits per heavy atom. The van der Waals surface area contributed by atoms with Gasteiger partial charge in [-0.25, -0.2) is 4.79 Å². The first-order valence-electron chi connectivity index (χ1n) is 16.8. The molecule has 0 unspecified atom stereocenters. The summed E-state index contributed by atoms with van der Waals surface area (Å²) >= 11 is 0. The molecule has 0 aliphatic rings. The molecule has 0 amide bonds. The van der Waals surface area contributed by atoms with E-state index >= 15 is 0 Å². The maximum Gasteiger partial charge on any atom is 0.519 e. The molecule has 0 aliphatic heterocycles. The van der Waals surface area contributed by atoms with Crippen LogP contribution in [0.25, 0.3) is 0 Å². The van der Waals surface area contributed by atoms with E-state index in [1.807, 2.05) is 24.3 Å². The van der Waals surface area contributed by atoms with E-state index in [1.165, 1.54) is 140 Å². The van der Waals surface area contributed by atoms with Gasteiger partial charge < -0.3 is 9.47 Å². The van der Waals surface area contributed by atoms with Gasteiger partial charge in [0.2, 0.25) is 0 Å². The summed E-state index contributed by atoms with van der Waals surface area (Å²) in [7, 11) is 0. The molecule has 2 aromatic carbocycles. The minimum absolute atomic E-state index is 0.523. The molecule has 2 rings (SSSR count). The van der Waals surface area contributed by atoms with Crippen molar-refractivity contribution in [3.05, 3.63) is 59.7 Å². The molecule has 0 atom stereocenters. The summed E-state index contributed by atoms with van der Waals surface area (Å²) < 4.78 is 10.8. The molecule has 0 saturated heterocycles. The number of hydrogen-bond donors (Lipinski definition) is 0. The molecule has 0 aliphatic carbocycles. The van der Waals surface area contributed by atoms with Gasteiger partial charge in [0.25, 0.3) is 0 Å². The standard InChI is InChI=1S/C37H58O3/c1-3-5-7-9-11-13-15-17-19-21-23-33-25-29-35(30-26-33)39-37(38)40-36-31-27-34(28-32-36)24-22-20-18-16-14-12-10-8-6-4-2/h25-32H,3-24H2,1-2H3. The molecular weight excluding hydrogens is 492 g/mol. The van der Waals surface area contributed by atoms with Crippen molar-refractivity contribution >= 4 is 6.16 Å². The van der Waals surface area contributed by atoms with Crippen molar-refractivity contribution in [2.24, 2.45) is 0 Å². The largest absolute Gasteiger partial charge is 0.519 e. The Balaban J connectivity index is 1.52. The highest BCUT2D eigenvalue weighted by atomic mass is 16.7. The van der Waals surface area contributed by atoms with Gasteiger partial charge in [0.1, 0.15) is 11.5 Å². The van der Waals surface area contributed by atoms with E-state index in [9.17, 15) is 4.79 Å². The van der Waals surface area contributed by atoms with Gasteiger partial charge in [0.15, 0.2) is 0 Å². The highest BCUT2D eigenvalue weighted by molar-refractivity contribution is 5.67. The van der Waals surface area contributed by atoms with Crippen LogP contribution in [0.5, 0.6) is 11.5 Å². The summed E-state index contributed by atoms with van der Waals surface area (Å²) in [6, 6.07) is 15.7. The molecule has 2 aromatic rings. The number of carbonyl (C=O) groups excluding carboxylic acids is 1. The highest BCUT2D eigenvalue weighted by Gasteiger charge is 2.08. The second kappa shape index (κ2) is 23.4. The van der Waals surface area contributed by atoms with Crippen LogP contribution in [0, 0.1) is 0 Å². The van der Waals surface area contributed by atoms with E-state index < -0.39 is 6.16 Å². The van der Waals surface area contributed by atoms with E-state index in [2.05, 4.69) is 38.1 Å². The molecule has 40 heavy (non-hydrogen) atoms. The molecule has 0 saturated carbocycles. The predicted octanol–water partition coefficient (Wildman–Crippen LogP) is 12.2. The van der Waals surface area contributed by atoms with Crippen molar-refractivity contribution in [3.63, 3.8) is 0 Å². The lowest BCUT2D eigenvalue weighted by Crippen LogP contribution is -2.13. The number of hydrogen-bond acceptors (Lipinski definition) is 3. The van der Waals surface area contributed by atoms with Crippen molar-refractivity contribution in [2.75, 3.05) is 0 Å². The number of carbonyl (C=O) groups is 1. The normalized spacial score (nSPS) is 11.1. The van der Waals surface area contributed by atoms with Gasteiger partial charge in [-0.15, -0.1) is 0 Å². The number of benzene rings is 2. The van der Waals surface area contributed by atoms with Gasteiger partial charge >= 0.3 is 6.16 Å². The Hall–Kier alpha value is -2.29. The smallest absolute Gasteiger partial charge is 0.395 e. The van der Waals surface area contributed by atoms with Crippen molar-refractivity contribution in [2.45, 2.75) is 155 Å². The zero-order chi connectivity index (χ0) is 28.5. The van der Waals surface area contributed by atoms with Crippen LogP contribution in [-0.2, 0) is 12.8 Å². The topological polar surface area (TPSA) is 35.5 Å². The fourth-order valence-corrected chi connectivity index (χ4v) is 5.29. The monoisotopic (exact) mass is 550 g/mol. The van der Waals surface area contributed by atoms with Gasteiger partial charge in [0.05, 0.1) is 0 Å². The molecule has 224 valence electrons. The fourth-order valence-electron chi connectivity index (χ4n) is 5.29. The second-order valence-corrected chi connectivity index (χ2v) is 11.6. The molecule has 0 N–H and O–H groups in total. The lowest BCUT2D eigenvalue weighted by atomic mass is 10.0. The maximum absolute atomic E-state index is 12.2. The third-order valence-corrected chi connectivity index (χ3v) is 7.89. The number of ether oxygens (including phenoxy) is 2. The Bertz CT molecular complexity index is 784. The molecule has 0 radical (unpaired) electrons. The van der Waals surface area contributed by atoms with Gasteiger partial charge in [-0.2, -0.15) is 0 Å². The van der Waals surface area contributed by atoms with Crippen LogP contribution in [0.1, 0.15) is 153 Å². The van der Waals surface area contributed by atoms with Gasteiger partial charge in [-0.1, -0.05) is 154 Å². The van der Waals surface area contributed by atoms with E-state index in [1.54, 1.807) is 0 Å². The molecule has 0 fully saturated rings. The molecule has 0 bridgehead atoms. The van der Waals surface area contributed by atoms with Crippen LogP contribution in [0.4, 0.5) is 4.79 Å². The predicted molar refractivity (Wildman–Crippen MR) is 171 cm³/mol. The quantitative estimate of drug-likeness (QED) is 0.0740. The van der Waals surface area contributed by atoms with Crippen LogP contribution in [0.3, 0.4) is 0 Å². The summed E-state index contributed by atoms with van der Waals surface area (Å²) in [6.07, 6.45) is 28.5. The first-order valence-corrected chi connectivity index (χ1v) is 16.8. The lowest BCUT2D eigenvalue weighted by molar-refractivity contribution is 0.152. The van der Waals surface area contributed by atoms with Gasteiger partial charge in [0, 0.05) is 0 Å². The molecule has 0 heterocycles. The van der Waals surface area contributed by atoms with Crippen molar-refractivity contribution in [3.8, 4) is 11.5 Å². The Kier molecular flexibility index (Phi) is 19.9. The Morgan fingerprint density at radius 2 is 0.700 bits per heavy atom. The average molecular weight is 551 g/mol. The van der Waals surface area contributed by atoms with Crippen LogP contribution < -0.4 is 9.47 Å². The molecule has 0 spiro atoms. The van der Waals surface area contributed by atoms with Crippen molar-refractivity contribution in [1.29, 1.82) is 0 Å². The summed E-state index contributed by atoms with van der Waals surface area (Å²) in [5.74, 6) is 1.05. The van der Waals surface area contributed by atoms with E-state index in [-0.39, 0.29) is 0 Å². The van der Waals surface area contributed by atoms with Gasteiger partial charge in [-0.05, 0) is 61.1 Å². The zero-order valence-electron chi connectivity index (χ0n) is 25.9. The molecular formula is C37H58O3. The lowest BCUT2D eigenvalue weighted by Gasteiger charge is -2.08. The van der Waals surface area contributed by atoms with Crippen LogP contribution in [0.2, 0.25) is 0 Å². The van der Waals surface area contributed by atoms with Crippen LogP contribution in [-0.4, -0.2) is 6.16 Å². The molecule has 3 nitrogen and oxygen atoms in total. The Labute approximate surface area is 246 Å². The zero-order valence-corrected chi connectivity index (χ0v) is 25.9. The second-order valence-electron chi connectivity index (χ2n) is 11.6. The summed E-state index contributed by atoms with van der Waals surface area (Å²) in [5.41, 5.74) is 2.58. The van der Waals surface area contributed by atoms with Crippen molar-refractivity contribution in [1.82, 2.24) is 0 Å². The highest BCUT2D eigenvalue weighted by Crippen LogP contribution is 2.19. The van der Waals surface area contributed by atoms with E-state index in [0.29, 0.717) is 11.5 Å². The first-order chi connectivity index (χ1) is 19.7. The fraction of sp³-hybridized carbons (Fsp3) is 0.649. The minimum atomic E-state index is -0.690. The SMILES string of the molecule is CCCCCCCCCCCCc1ccc(OC(=O)Oc2ccc(CCCCCCCCCCCC)cc2)cc1. The van der Waals surface area contributed by atoms with Crippen LogP contribution in [0.15, 0.2) is 48.5 Å². The third kappa shape index (κ3) is 17.4. The minimum Gasteiger partial charge on any atom is -0.395 e. The first kappa shape index (κ1) is 33.9.